The van der Waals surface area contributed by atoms with Crippen LogP contribution in [0.1, 0.15) is 38.5 Å². The zero-order chi connectivity index (χ0) is 11.9. The Morgan fingerprint density at radius 3 is 2.88 bits per heavy atom. The molecule has 3 heterocycles. The van der Waals surface area contributed by atoms with Crippen molar-refractivity contribution in [1.29, 1.82) is 0 Å². The Hall–Kier alpha value is -0.230. The number of halogens is 1. The summed E-state index contributed by atoms with van der Waals surface area (Å²) in [6.07, 6.45) is 5.10. The van der Waals surface area contributed by atoms with Gasteiger partial charge in [-0.15, -0.1) is 0 Å². The molecular formula is C12H19FO4. The van der Waals surface area contributed by atoms with Crippen LogP contribution in [0.25, 0.3) is 0 Å². The number of hydrogen-bond donors (Lipinski definition) is 0. The Labute approximate surface area is 100 Å². The summed E-state index contributed by atoms with van der Waals surface area (Å²) in [6, 6.07) is 0. The predicted molar refractivity (Wildman–Crippen MR) is 56.7 cm³/mol. The van der Waals surface area contributed by atoms with Crippen molar-refractivity contribution in [1.82, 2.24) is 0 Å². The minimum absolute atomic E-state index is 0.345. The first-order chi connectivity index (χ1) is 8.25. The molecule has 0 unspecified atom stereocenters. The molecule has 3 aliphatic heterocycles. The van der Waals surface area contributed by atoms with Crippen LogP contribution in [-0.4, -0.2) is 31.5 Å². The number of ether oxygens (including phenoxy) is 2. The molecule has 1 aliphatic carbocycles. The molecule has 0 aromatic rings. The molecule has 0 aromatic heterocycles. The normalized spacial score (nSPS) is 49.8. The molecule has 0 N–H and O–H groups in total. The molecule has 17 heavy (non-hydrogen) atoms. The monoisotopic (exact) mass is 246 g/mol. The SMILES string of the molecule is CO[C@@H]1O[C@@]2(CF)CC[C@H]3CCCC[C@]31OO2. The van der Waals surface area contributed by atoms with Crippen LogP contribution in [0.15, 0.2) is 0 Å². The lowest BCUT2D eigenvalue weighted by atomic mass is 9.73. The van der Waals surface area contributed by atoms with Crippen molar-refractivity contribution in [3.63, 3.8) is 0 Å². The van der Waals surface area contributed by atoms with Gasteiger partial charge < -0.3 is 9.47 Å². The highest BCUT2D eigenvalue weighted by molar-refractivity contribution is 4.99. The van der Waals surface area contributed by atoms with E-state index in [1.54, 1.807) is 7.11 Å². The molecule has 0 amide bonds. The number of methoxy groups -OCH3 is 1. The zero-order valence-electron chi connectivity index (χ0n) is 10.1. The van der Waals surface area contributed by atoms with E-state index in [-0.39, 0.29) is 0 Å². The number of fused-ring (bicyclic) bond motifs is 3. The van der Waals surface area contributed by atoms with Crippen molar-refractivity contribution < 1.29 is 23.6 Å². The van der Waals surface area contributed by atoms with Gasteiger partial charge in [-0.1, -0.05) is 12.8 Å². The van der Waals surface area contributed by atoms with Crippen LogP contribution in [-0.2, 0) is 19.2 Å². The Balaban J connectivity index is 1.94. The smallest absolute Gasteiger partial charge is 0.232 e. The second-order valence-electron chi connectivity index (χ2n) is 5.33. The topological polar surface area (TPSA) is 36.9 Å². The second-order valence-corrected chi connectivity index (χ2v) is 5.33. The number of alkyl halides is 1. The minimum atomic E-state index is -1.25. The summed E-state index contributed by atoms with van der Waals surface area (Å²) in [6.45, 7) is -0.699. The lowest BCUT2D eigenvalue weighted by Crippen LogP contribution is -2.60. The molecule has 4 rings (SSSR count). The maximum Gasteiger partial charge on any atom is 0.232 e. The van der Waals surface area contributed by atoms with Crippen molar-refractivity contribution >= 4 is 0 Å². The van der Waals surface area contributed by atoms with Crippen molar-refractivity contribution in [3.05, 3.63) is 0 Å². The molecule has 3 saturated heterocycles. The van der Waals surface area contributed by atoms with Crippen molar-refractivity contribution in [2.24, 2.45) is 5.92 Å². The van der Waals surface area contributed by atoms with Gasteiger partial charge in [0.25, 0.3) is 0 Å². The average molecular weight is 246 g/mol. The summed E-state index contributed by atoms with van der Waals surface area (Å²) in [7, 11) is 1.58. The highest BCUT2D eigenvalue weighted by Gasteiger charge is 2.61. The van der Waals surface area contributed by atoms with Gasteiger partial charge in [-0.25, -0.2) is 9.28 Å². The summed E-state index contributed by atoms with van der Waals surface area (Å²) >= 11 is 0. The van der Waals surface area contributed by atoms with E-state index < -0.39 is 24.4 Å². The number of hydrogen-bond acceptors (Lipinski definition) is 4. The van der Waals surface area contributed by atoms with Crippen molar-refractivity contribution in [3.8, 4) is 0 Å². The minimum Gasteiger partial charge on any atom is -0.353 e. The van der Waals surface area contributed by atoms with E-state index in [9.17, 15) is 4.39 Å². The second kappa shape index (κ2) is 4.16. The highest BCUT2D eigenvalue weighted by atomic mass is 19.1. The summed E-state index contributed by atoms with van der Waals surface area (Å²) in [5.41, 5.74) is -0.526. The molecule has 2 bridgehead atoms. The van der Waals surface area contributed by atoms with Gasteiger partial charge in [0.1, 0.15) is 6.67 Å². The molecule has 0 radical (unpaired) electrons. The lowest BCUT2D eigenvalue weighted by Gasteiger charge is -2.49. The zero-order valence-corrected chi connectivity index (χ0v) is 10.1. The van der Waals surface area contributed by atoms with Gasteiger partial charge in [0, 0.05) is 13.5 Å². The molecule has 4 atom stereocenters. The average Bonchev–Trinajstić information content (AvgIpc) is 2.64. The van der Waals surface area contributed by atoms with E-state index >= 15 is 0 Å². The fourth-order valence-electron chi connectivity index (χ4n) is 3.42. The molecular weight excluding hydrogens is 227 g/mol. The van der Waals surface area contributed by atoms with Crippen molar-refractivity contribution in [2.45, 2.75) is 56.2 Å². The largest absolute Gasteiger partial charge is 0.353 e. The van der Waals surface area contributed by atoms with Crippen LogP contribution >= 0.6 is 0 Å². The number of rotatable bonds is 2. The lowest BCUT2D eigenvalue weighted by molar-refractivity contribution is -0.552. The molecule has 4 aliphatic rings. The Morgan fingerprint density at radius 2 is 2.12 bits per heavy atom. The van der Waals surface area contributed by atoms with Crippen LogP contribution < -0.4 is 0 Å². The van der Waals surface area contributed by atoms with Gasteiger partial charge in [-0.2, -0.15) is 4.89 Å². The predicted octanol–water partition coefficient (Wildman–Crippen LogP) is 2.33. The summed E-state index contributed by atoms with van der Waals surface area (Å²) in [5.74, 6) is -0.902. The molecule has 1 spiro atoms. The van der Waals surface area contributed by atoms with Crippen LogP contribution in [0.2, 0.25) is 0 Å². The summed E-state index contributed by atoms with van der Waals surface area (Å²) < 4.78 is 24.2. The van der Waals surface area contributed by atoms with Crippen LogP contribution in [0.3, 0.4) is 0 Å². The quantitative estimate of drug-likeness (QED) is 0.701. The first-order valence-corrected chi connectivity index (χ1v) is 6.38. The molecule has 4 nitrogen and oxygen atoms in total. The van der Waals surface area contributed by atoms with E-state index in [4.69, 9.17) is 19.2 Å². The van der Waals surface area contributed by atoms with E-state index in [1.807, 2.05) is 0 Å². The standard InChI is InChI=1S/C12H19FO4/c1-14-10-12-6-3-2-4-9(12)5-7-11(8-13,15-10)16-17-12/h9-10H,2-8H2,1H3/t9-,10-,11+,12+/m1/s1. The van der Waals surface area contributed by atoms with Gasteiger partial charge in [-0.05, 0) is 25.2 Å². The van der Waals surface area contributed by atoms with Crippen LogP contribution in [0.4, 0.5) is 4.39 Å². The third kappa shape index (κ3) is 1.63. The molecule has 5 heteroatoms. The van der Waals surface area contributed by atoms with Crippen LogP contribution in [0.5, 0.6) is 0 Å². The third-order valence-corrected chi connectivity index (χ3v) is 4.42. The van der Waals surface area contributed by atoms with E-state index in [1.165, 1.54) is 6.42 Å². The highest BCUT2D eigenvalue weighted by Crippen LogP contribution is 2.52. The van der Waals surface area contributed by atoms with Crippen LogP contribution in [0, 0.1) is 5.92 Å². The Morgan fingerprint density at radius 1 is 1.24 bits per heavy atom. The Bertz CT molecular complexity index is 296. The molecule has 4 fully saturated rings. The van der Waals surface area contributed by atoms with Gasteiger partial charge in [0.15, 0.2) is 11.9 Å². The van der Waals surface area contributed by atoms with E-state index in [2.05, 4.69) is 0 Å². The Kier molecular flexibility index (Phi) is 2.89. The van der Waals surface area contributed by atoms with E-state index in [0.29, 0.717) is 12.3 Å². The van der Waals surface area contributed by atoms with E-state index in [0.717, 1.165) is 25.7 Å². The summed E-state index contributed by atoms with van der Waals surface area (Å²) in [5, 5.41) is 0. The van der Waals surface area contributed by atoms with Gasteiger partial charge in [0.05, 0.1) is 0 Å². The van der Waals surface area contributed by atoms with Gasteiger partial charge in [-0.3, -0.25) is 0 Å². The summed E-state index contributed by atoms with van der Waals surface area (Å²) in [4.78, 5) is 10.9. The molecule has 0 aromatic carbocycles. The fraction of sp³-hybridized carbons (Fsp3) is 1.00. The molecule has 1 saturated carbocycles. The van der Waals surface area contributed by atoms with Crippen molar-refractivity contribution in [2.75, 3.05) is 13.8 Å². The maximum absolute atomic E-state index is 13.1. The maximum atomic E-state index is 13.1. The van der Waals surface area contributed by atoms with Gasteiger partial charge in [0.2, 0.25) is 5.79 Å². The third-order valence-electron chi connectivity index (χ3n) is 4.42. The molecule has 98 valence electrons. The fourth-order valence-corrected chi connectivity index (χ4v) is 3.42. The first kappa shape index (κ1) is 11.8. The first-order valence-electron chi connectivity index (χ1n) is 6.38. The van der Waals surface area contributed by atoms with Gasteiger partial charge >= 0.3 is 0 Å².